The van der Waals surface area contributed by atoms with Gasteiger partial charge in [0.2, 0.25) is 0 Å². The second-order valence-corrected chi connectivity index (χ2v) is 5.37. The number of aryl methyl sites for hydroxylation is 2. The summed E-state index contributed by atoms with van der Waals surface area (Å²) < 4.78 is 5.37. The van der Waals surface area contributed by atoms with Gasteiger partial charge in [-0.2, -0.15) is 0 Å². The first-order chi connectivity index (χ1) is 9.11. The van der Waals surface area contributed by atoms with Crippen LogP contribution in [0.2, 0.25) is 0 Å². The molecule has 0 saturated carbocycles. The van der Waals surface area contributed by atoms with Gasteiger partial charge in [0.05, 0.1) is 12.5 Å². The molecule has 0 amide bonds. The Hall–Kier alpha value is -1.47. The van der Waals surface area contributed by atoms with E-state index in [1.165, 1.54) is 16.7 Å². The van der Waals surface area contributed by atoms with Crippen LogP contribution in [-0.2, 0) is 6.42 Å². The van der Waals surface area contributed by atoms with E-state index in [9.17, 15) is 0 Å². The van der Waals surface area contributed by atoms with Crippen molar-refractivity contribution in [1.82, 2.24) is 0 Å². The van der Waals surface area contributed by atoms with E-state index in [0.717, 1.165) is 17.7 Å². The molecular weight excluding hydrogens is 256 g/mol. The monoisotopic (exact) mass is 274 g/mol. The molecule has 0 saturated heterocycles. The molecule has 0 radical (unpaired) electrons. The van der Waals surface area contributed by atoms with Crippen molar-refractivity contribution in [2.45, 2.75) is 25.6 Å². The third-order valence-electron chi connectivity index (χ3n) is 3.38. The summed E-state index contributed by atoms with van der Waals surface area (Å²) >= 11 is 6.57. The van der Waals surface area contributed by atoms with E-state index in [1.807, 2.05) is 24.3 Å². The van der Waals surface area contributed by atoms with Crippen LogP contribution in [0.4, 0.5) is 0 Å². The molecule has 1 unspecified atom stereocenters. The number of benzene rings is 2. The summed E-state index contributed by atoms with van der Waals surface area (Å²) in [4.78, 5) is 0. The fraction of sp³-hybridized carbons (Fsp3) is 0.294. The molecule has 0 heterocycles. The highest BCUT2D eigenvalue weighted by Crippen LogP contribution is 2.32. The van der Waals surface area contributed by atoms with Crippen molar-refractivity contribution in [3.8, 4) is 5.75 Å². The molecule has 2 aromatic rings. The average Bonchev–Trinajstić information content (AvgIpc) is 2.42. The van der Waals surface area contributed by atoms with E-state index >= 15 is 0 Å². The van der Waals surface area contributed by atoms with Crippen LogP contribution >= 0.6 is 11.6 Å². The van der Waals surface area contributed by atoms with Gasteiger partial charge in [0.25, 0.3) is 0 Å². The van der Waals surface area contributed by atoms with Crippen molar-refractivity contribution in [2.24, 2.45) is 0 Å². The quantitative estimate of drug-likeness (QED) is 0.725. The maximum absolute atomic E-state index is 6.57. The largest absolute Gasteiger partial charge is 0.496 e. The Balaban J connectivity index is 2.25. The molecule has 2 heteroatoms. The zero-order valence-electron chi connectivity index (χ0n) is 11.6. The second kappa shape index (κ2) is 6.12. The van der Waals surface area contributed by atoms with Gasteiger partial charge >= 0.3 is 0 Å². The van der Waals surface area contributed by atoms with Crippen molar-refractivity contribution in [1.29, 1.82) is 0 Å². The number of alkyl halides is 1. The summed E-state index contributed by atoms with van der Waals surface area (Å²) in [7, 11) is 1.68. The highest BCUT2D eigenvalue weighted by molar-refractivity contribution is 6.21. The van der Waals surface area contributed by atoms with Crippen LogP contribution in [0.1, 0.15) is 27.6 Å². The summed E-state index contributed by atoms with van der Waals surface area (Å²) in [5.74, 6) is 0.854. The predicted molar refractivity (Wildman–Crippen MR) is 81.2 cm³/mol. The number of rotatable bonds is 4. The maximum Gasteiger partial charge on any atom is 0.123 e. The van der Waals surface area contributed by atoms with Crippen LogP contribution in [-0.4, -0.2) is 7.11 Å². The van der Waals surface area contributed by atoms with Gasteiger partial charge in [0, 0.05) is 5.56 Å². The van der Waals surface area contributed by atoms with Crippen LogP contribution in [0.3, 0.4) is 0 Å². The summed E-state index contributed by atoms with van der Waals surface area (Å²) in [6.45, 7) is 4.23. The van der Waals surface area contributed by atoms with Gasteiger partial charge in [-0.25, -0.2) is 0 Å². The average molecular weight is 275 g/mol. The van der Waals surface area contributed by atoms with Crippen LogP contribution in [0.5, 0.6) is 5.75 Å². The molecule has 0 aliphatic carbocycles. The Morgan fingerprint density at radius 1 is 1.11 bits per heavy atom. The Kier molecular flexibility index (Phi) is 4.49. The second-order valence-electron chi connectivity index (χ2n) is 4.84. The first-order valence-corrected chi connectivity index (χ1v) is 6.88. The first kappa shape index (κ1) is 14.0. The number of hydrogen-bond acceptors (Lipinski definition) is 1. The molecule has 0 aliphatic rings. The Morgan fingerprint density at radius 2 is 1.84 bits per heavy atom. The molecule has 19 heavy (non-hydrogen) atoms. The third kappa shape index (κ3) is 3.30. The van der Waals surface area contributed by atoms with Crippen molar-refractivity contribution in [2.75, 3.05) is 7.11 Å². The minimum Gasteiger partial charge on any atom is -0.496 e. The molecule has 100 valence electrons. The molecule has 0 N–H and O–H groups in total. The van der Waals surface area contributed by atoms with E-state index in [4.69, 9.17) is 16.3 Å². The number of hydrogen-bond donors (Lipinski definition) is 0. The lowest BCUT2D eigenvalue weighted by Crippen LogP contribution is -2.01. The van der Waals surface area contributed by atoms with Crippen LogP contribution in [0.25, 0.3) is 0 Å². The van der Waals surface area contributed by atoms with Crippen LogP contribution in [0, 0.1) is 13.8 Å². The number of ether oxygens (including phenoxy) is 1. The maximum atomic E-state index is 6.57. The molecule has 2 rings (SSSR count). The first-order valence-electron chi connectivity index (χ1n) is 6.45. The number of halogens is 1. The topological polar surface area (TPSA) is 9.23 Å². The fourth-order valence-electron chi connectivity index (χ4n) is 2.25. The normalized spacial score (nSPS) is 12.2. The molecule has 0 aromatic heterocycles. The van der Waals surface area contributed by atoms with E-state index in [-0.39, 0.29) is 5.38 Å². The summed E-state index contributed by atoms with van der Waals surface area (Å²) in [5.41, 5.74) is 4.90. The van der Waals surface area contributed by atoms with E-state index in [2.05, 4.69) is 32.0 Å². The molecule has 1 atom stereocenters. The van der Waals surface area contributed by atoms with Crippen molar-refractivity contribution in [3.05, 3.63) is 64.7 Å². The summed E-state index contributed by atoms with van der Waals surface area (Å²) in [6, 6.07) is 14.4. The highest BCUT2D eigenvalue weighted by atomic mass is 35.5. The molecule has 2 aromatic carbocycles. The lowest BCUT2D eigenvalue weighted by atomic mass is 9.98. The van der Waals surface area contributed by atoms with Crippen molar-refractivity contribution < 1.29 is 4.74 Å². The van der Waals surface area contributed by atoms with Gasteiger partial charge in [-0.05, 0) is 37.5 Å². The lowest BCUT2D eigenvalue weighted by Gasteiger charge is -2.15. The van der Waals surface area contributed by atoms with Gasteiger partial charge in [0.15, 0.2) is 0 Å². The Morgan fingerprint density at radius 3 is 2.58 bits per heavy atom. The van der Waals surface area contributed by atoms with E-state index in [1.54, 1.807) is 7.11 Å². The van der Waals surface area contributed by atoms with Crippen LogP contribution in [0.15, 0.2) is 42.5 Å². The summed E-state index contributed by atoms with van der Waals surface area (Å²) in [5, 5.41) is -0.0725. The molecule has 0 fully saturated rings. The van der Waals surface area contributed by atoms with Crippen LogP contribution < -0.4 is 4.74 Å². The predicted octanol–water partition coefficient (Wildman–Crippen LogP) is 4.83. The van der Waals surface area contributed by atoms with Gasteiger partial charge < -0.3 is 4.74 Å². The minimum atomic E-state index is -0.0725. The SMILES string of the molecule is COc1ccccc1C(Cl)Cc1cc(C)ccc1C. The fourth-order valence-corrected chi connectivity index (χ4v) is 2.59. The molecular formula is C17H19ClO. The molecule has 0 aliphatic heterocycles. The molecule has 0 spiro atoms. The van der Waals surface area contributed by atoms with Crippen molar-refractivity contribution >= 4 is 11.6 Å². The number of para-hydroxylation sites is 1. The Labute approximate surface area is 120 Å². The van der Waals surface area contributed by atoms with E-state index < -0.39 is 0 Å². The zero-order chi connectivity index (χ0) is 13.8. The number of methoxy groups -OCH3 is 1. The molecule has 0 bridgehead atoms. The highest BCUT2D eigenvalue weighted by Gasteiger charge is 2.14. The molecule has 1 nitrogen and oxygen atoms in total. The third-order valence-corrected chi connectivity index (χ3v) is 3.77. The zero-order valence-corrected chi connectivity index (χ0v) is 12.4. The lowest BCUT2D eigenvalue weighted by molar-refractivity contribution is 0.409. The summed E-state index contributed by atoms with van der Waals surface area (Å²) in [6.07, 6.45) is 0.815. The standard InChI is InChI=1S/C17H19ClO/c1-12-8-9-13(2)14(10-12)11-16(18)15-6-4-5-7-17(15)19-3/h4-10,16H,11H2,1-3H3. The Bertz CT molecular complexity index is 563. The minimum absolute atomic E-state index is 0.0725. The van der Waals surface area contributed by atoms with Crippen molar-refractivity contribution in [3.63, 3.8) is 0 Å². The smallest absolute Gasteiger partial charge is 0.123 e. The van der Waals surface area contributed by atoms with E-state index in [0.29, 0.717) is 0 Å². The van der Waals surface area contributed by atoms with Gasteiger partial charge in [-0.1, -0.05) is 42.0 Å². The van der Waals surface area contributed by atoms with Gasteiger partial charge in [-0.15, -0.1) is 11.6 Å². The van der Waals surface area contributed by atoms with Gasteiger partial charge in [-0.3, -0.25) is 0 Å². The van der Waals surface area contributed by atoms with Gasteiger partial charge in [0.1, 0.15) is 5.75 Å².